The number of aromatic nitrogens is 6. The van der Waals surface area contributed by atoms with Gasteiger partial charge in [-0.3, -0.25) is 4.98 Å². The Hall–Kier alpha value is -3.35. The molecule has 154 valence electrons. The van der Waals surface area contributed by atoms with E-state index in [2.05, 4.69) is 26.4 Å². The lowest BCUT2D eigenvalue weighted by molar-refractivity contribution is 0.00631. The maximum atomic E-state index is 7.44. The Morgan fingerprint density at radius 2 is 2.23 bits per heavy atom. The van der Waals surface area contributed by atoms with Gasteiger partial charge in [0.1, 0.15) is 16.9 Å². The molecule has 0 spiro atoms. The lowest BCUT2D eigenvalue weighted by Gasteiger charge is -2.30. The van der Waals surface area contributed by atoms with Crippen LogP contribution in [0.15, 0.2) is 36.1 Å². The summed E-state index contributed by atoms with van der Waals surface area (Å²) in [7, 11) is 0. The van der Waals surface area contributed by atoms with E-state index in [4.69, 9.17) is 21.3 Å². The SMILES string of the molecule is [C-]#[N+]c1ccc2ncc3nc(Cc4cn5ncsc5n4)n([C@@H]4CCO[C@H](C)C4)c3c2c1. The molecule has 8 nitrogen and oxygen atoms in total. The normalized spacial score (nSPS) is 19.4. The highest BCUT2D eigenvalue weighted by molar-refractivity contribution is 7.14. The fraction of sp³-hybridized carbons (Fsp3) is 0.318. The van der Waals surface area contributed by atoms with E-state index in [9.17, 15) is 0 Å². The van der Waals surface area contributed by atoms with Crippen molar-refractivity contribution in [3.05, 3.63) is 59.0 Å². The summed E-state index contributed by atoms with van der Waals surface area (Å²) in [4.78, 5) is 18.8. The largest absolute Gasteiger partial charge is 0.378 e. The van der Waals surface area contributed by atoms with Crippen molar-refractivity contribution in [2.45, 2.75) is 38.3 Å². The molecule has 0 saturated carbocycles. The van der Waals surface area contributed by atoms with Gasteiger partial charge in [0, 0.05) is 24.5 Å². The monoisotopic (exact) mass is 429 g/mol. The molecular weight excluding hydrogens is 410 g/mol. The third-order valence-corrected chi connectivity index (χ3v) is 6.59. The van der Waals surface area contributed by atoms with Gasteiger partial charge in [-0.25, -0.2) is 19.3 Å². The van der Waals surface area contributed by atoms with E-state index in [1.807, 2.05) is 35.1 Å². The Morgan fingerprint density at radius 3 is 3.06 bits per heavy atom. The summed E-state index contributed by atoms with van der Waals surface area (Å²) in [6.07, 6.45) is 6.46. The smallest absolute Gasteiger partial charge is 0.212 e. The van der Waals surface area contributed by atoms with Crippen LogP contribution < -0.4 is 0 Å². The Balaban J connectivity index is 1.57. The number of benzene rings is 1. The number of pyridine rings is 1. The third-order valence-electron chi connectivity index (χ3n) is 5.90. The third kappa shape index (κ3) is 3.07. The Labute approximate surface area is 182 Å². The maximum absolute atomic E-state index is 7.44. The Bertz CT molecular complexity index is 1450. The van der Waals surface area contributed by atoms with E-state index in [1.165, 1.54) is 11.3 Å². The van der Waals surface area contributed by atoms with Gasteiger partial charge in [0.05, 0.1) is 41.8 Å². The highest BCUT2D eigenvalue weighted by Gasteiger charge is 2.26. The van der Waals surface area contributed by atoms with E-state index in [0.29, 0.717) is 12.1 Å². The van der Waals surface area contributed by atoms with Crippen LogP contribution in [-0.2, 0) is 11.2 Å². The lowest BCUT2D eigenvalue weighted by Crippen LogP contribution is -2.26. The first-order valence-corrected chi connectivity index (χ1v) is 11.1. The van der Waals surface area contributed by atoms with Gasteiger partial charge in [-0.1, -0.05) is 17.4 Å². The number of nitrogens with zero attached hydrogens (tertiary/aromatic N) is 7. The van der Waals surface area contributed by atoms with Gasteiger partial charge in [0.25, 0.3) is 0 Å². The van der Waals surface area contributed by atoms with Crippen LogP contribution >= 0.6 is 11.3 Å². The number of hydrogen-bond acceptors (Lipinski definition) is 6. The predicted molar refractivity (Wildman–Crippen MR) is 119 cm³/mol. The Morgan fingerprint density at radius 1 is 1.29 bits per heavy atom. The summed E-state index contributed by atoms with van der Waals surface area (Å²) in [5, 5.41) is 5.27. The average Bonchev–Trinajstić information content (AvgIpc) is 3.46. The second-order valence-electron chi connectivity index (χ2n) is 7.94. The molecule has 9 heteroatoms. The number of rotatable bonds is 3. The van der Waals surface area contributed by atoms with Crippen LogP contribution in [0.5, 0.6) is 0 Å². The summed E-state index contributed by atoms with van der Waals surface area (Å²) >= 11 is 1.52. The first kappa shape index (κ1) is 18.4. The van der Waals surface area contributed by atoms with Crippen molar-refractivity contribution in [1.29, 1.82) is 0 Å². The van der Waals surface area contributed by atoms with E-state index < -0.39 is 0 Å². The van der Waals surface area contributed by atoms with Crippen molar-refractivity contribution < 1.29 is 4.74 Å². The molecule has 0 N–H and O–H groups in total. The van der Waals surface area contributed by atoms with Crippen LogP contribution in [0.25, 0.3) is 31.7 Å². The predicted octanol–water partition coefficient (Wildman–Crippen LogP) is 4.57. The van der Waals surface area contributed by atoms with Crippen molar-refractivity contribution in [3.63, 3.8) is 0 Å². The van der Waals surface area contributed by atoms with Crippen molar-refractivity contribution in [3.8, 4) is 0 Å². The molecule has 0 aliphatic carbocycles. The molecule has 31 heavy (non-hydrogen) atoms. The molecule has 0 bridgehead atoms. The average molecular weight is 430 g/mol. The molecule has 1 aliphatic rings. The zero-order valence-corrected chi connectivity index (χ0v) is 17.7. The van der Waals surface area contributed by atoms with Gasteiger partial charge in [0.15, 0.2) is 5.69 Å². The number of imidazole rings is 2. The van der Waals surface area contributed by atoms with E-state index in [-0.39, 0.29) is 12.1 Å². The molecule has 0 amide bonds. The van der Waals surface area contributed by atoms with Gasteiger partial charge in [0.2, 0.25) is 4.96 Å². The topological polar surface area (TPSA) is 74.5 Å². The van der Waals surface area contributed by atoms with Crippen LogP contribution in [0.3, 0.4) is 0 Å². The summed E-state index contributed by atoms with van der Waals surface area (Å²) in [6, 6.07) is 5.93. The zero-order valence-electron chi connectivity index (χ0n) is 16.9. The first-order valence-electron chi connectivity index (χ1n) is 10.3. The van der Waals surface area contributed by atoms with Crippen LogP contribution in [0.4, 0.5) is 5.69 Å². The van der Waals surface area contributed by atoms with Gasteiger partial charge in [-0.2, -0.15) is 5.10 Å². The van der Waals surface area contributed by atoms with E-state index >= 15 is 0 Å². The van der Waals surface area contributed by atoms with Crippen molar-refractivity contribution in [2.24, 2.45) is 0 Å². The lowest BCUT2D eigenvalue weighted by atomic mass is 10.0. The van der Waals surface area contributed by atoms with Crippen molar-refractivity contribution >= 4 is 43.9 Å². The number of ether oxygens (including phenoxy) is 1. The van der Waals surface area contributed by atoms with Gasteiger partial charge < -0.3 is 9.30 Å². The minimum absolute atomic E-state index is 0.193. The summed E-state index contributed by atoms with van der Waals surface area (Å²) in [5.41, 5.74) is 6.11. The van der Waals surface area contributed by atoms with Gasteiger partial charge in [-0.15, -0.1) is 0 Å². The molecule has 0 radical (unpaired) electrons. The van der Waals surface area contributed by atoms with E-state index in [0.717, 1.165) is 57.9 Å². The fourth-order valence-electron chi connectivity index (χ4n) is 4.54. The number of hydrogen-bond donors (Lipinski definition) is 0. The molecule has 4 aromatic heterocycles. The van der Waals surface area contributed by atoms with Crippen LogP contribution in [0, 0.1) is 6.57 Å². The molecule has 1 saturated heterocycles. The van der Waals surface area contributed by atoms with Crippen LogP contribution in [0.1, 0.15) is 37.3 Å². The summed E-state index contributed by atoms with van der Waals surface area (Å²) < 4.78 is 9.98. The molecule has 1 fully saturated rings. The standard InChI is InChI=1S/C22H19N7OS/c1-13-7-16(5-6-30-13)29-20(9-15-11-28-22(26-15)31-12-25-28)27-19-10-24-18-4-3-14(23-2)8-17(18)21(19)29/h3-4,8,10-13,16H,5-7,9H2,1H3/t13-,16-/m1/s1. The maximum Gasteiger partial charge on any atom is 0.212 e. The Kier molecular flexibility index (Phi) is 4.23. The van der Waals surface area contributed by atoms with Crippen LogP contribution in [0.2, 0.25) is 0 Å². The van der Waals surface area contributed by atoms with Gasteiger partial charge >= 0.3 is 0 Å². The molecule has 5 aromatic rings. The second-order valence-corrected chi connectivity index (χ2v) is 8.75. The summed E-state index contributed by atoms with van der Waals surface area (Å²) in [5.74, 6) is 0.961. The van der Waals surface area contributed by atoms with E-state index in [1.54, 1.807) is 5.51 Å². The molecule has 6 rings (SSSR count). The highest BCUT2D eigenvalue weighted by atomic mass is 32.1. The second kappa shape index (κ2) is 7.11. The fourth-order valence-corrected chi connectivity index (χ4v) is 5.16. The first-order chi connectivity index (χ1) is 15.2. The minimum atomic E-state index is 0.193. The van der Waals surface area contributed by atoms with Crippen molar-refractivity contribution in [1.82, 2.24) is 29.1 Å². The molecule has 2 atom stereocenters. The quantitative estimate of drug-likeness (QED) is 0.393. The summed E-state index contributed by atoms with van der Waals surface area (Å²) in [6.45, 7) is 10.3. The van der Waals surface area contributed by atoms with Crippen LogP contribution in [-0.4, -0.2) is 41.8 Å². The zero-order chi connectivity index (χ0) is 20.9. The minimum Gasteiger partial charge on any atom is -0.378 e. The molecule has 5 heterocycles. The molecule has 1 aliphatic heterocycles. The van der Waals surface area contributed by atoms with Crippen molar-refractivity contribution in [2.75, 3.05) is 6.61 Å². The van der Waals surface area contributed by atoms with Gasteiger partial charge in [-0.05, 0) is 31.9 Å². The number of fused-ring (bicyclic) bond motifs is 4. The molecular formula is C22H19N7OS. The highest BCUT2D eigenvalue weighted by Crippen LogP contribution is 2.35. The molecule has 1 aromatic carbocycles. The molecule has 0 unspecified atom stereocenters.